The van der Waals surface area contributed by atoms with E-state index in [0.717, 1.165) is 45.3 Å². The number of aryl methyl sites for hydroxylation is 2. The normalized spacial score (nSPS) is 19.7. The molecule has 0 spiro atoms. The van der Waals surface area contributed by atoms with Gasteiger partial charge in [-0.15, -0.1) is 0 Å². The zero-order valence-electron chi connectivity index (χ0n) is 15.9. The highest BCUT2D eigenvalue weighted by atomic mass is 35.5. The Hall–Kier alpha value is -2.14. The monoisotopic (exact) mass is 384 g/mol. The molecular formula is C21H25ClN4O. The summed E-state index contributed by atoms with van der Waals surface area (Å²) >= 11 is 6.33. The summed E-state index contributed by atoms with van der Waals surface area (Å²) in [6, 6.07) is 6.60. The lowest BCUT2D eigenvalue weighted by atomic mass is 9.99. The number of nitrogens with zero attached hydrogens (tertiary/aromatic N) is 4. The molecule has 2 fully saturated rings. The second-order valence-corrected chi connectivity index (χ2v) is 8.05. The highest BCUT2D eigenvalue weighted by molar-refractivity contribution is 6.33. The molecule has 0 N–H and O–H groups in total. The third-order valence-corrected chi connectivity index (χ3v) is 5.74. The van der Waals surface area contributed by atoms with E-state index >= 15 is 0 Å². The van der Waals surface area contributed by atoms with E-state index in [1.165, 1.54) is 16.7 Å². The van der Waals surface area contributed by atoms with Crippen molar-refractivity contribution in [2.45, 2.75) is 45.6 Å². The van der Waals surface area contributed by atoms with Crippen molar-refractivity contribution in [3.63, 3.8) is 0 Å². The van der Waals surface area contributed by atoms with Crippen LogP contribution in [0.3, 0.4) is 0 Å². The molecule has 27 heavy (non-hydrogen) atoms. The molecule has 5 nitrogen and oxygen atoms in total. The predicted molar refractivity (Wildman–Crippen MR) is 107 cm³/mol. The summed E-state index contributed by atoms with van der Waals surface area (Å²) in [4.78, 5) is 26.3. The highest BCUT2D eigenvalue weighted by Gasteiger charge is 2.33. The van der Waals surface area contributed by atoms with Crippen molar-refractivity contribution in [2.24, 2.45) is 0 Å². The summed E-state index contributed by atoms with van der Waals surface area (Å²) in [5.41, 5.74) is 3.97. The second kappa shape index (κ2) is 7.47. The Balaban J connectivity index is 1.64. The van der Waals surface area contributed by atoms with E-state index in [-0.39, 0.29) is 11.9 Å². The van der Waals surface area contributed by atoms with Crippen LogP contribution in [0.4, 0.5) is 5.95 Å². The molecule has 1 atom stereocenters. The fraction of sp³-hybridized carbons (Fsp3) is 0.476. The van der Waals surface area contributed by atoms with Crippen LogP contribution in [0, 0.1) is 13.8 Å². The van der Waals surface area contributed by atoms with Crippen molar-refractivity contribution in [1.82, 2.24) is 14.9 Å². The topological polar surface area (TPSA) is 49.3 Å². The molecular weight excluding hydrogens is 360 g/mol. The lowest BCUT2D eigenvalue weighted by Crippen LogP contribution is -2.32. The number of hydrogen-bond acceptors (Lipinski definition) is 4. The maximum atomic E-state index is 13.3. The van der Waals surface area contributed by atoms with E-state index in [1.54, 1.807) is 6.20 Å². The quantitative estimate of drug-likeness (QED) is 0.790. The number of halogens is 1. The van der Waals surface area contributed by atoms with Gasteiger partial charge in [0.25, 0.3) is 5.91 Å². The van der Waals surface area contributed by atoms with Crippen LogP contribution in [0.1, 0.15) is 58.9 Å². The lowest BCUT2D eigenvalue weighted by molar-refractivity contribution is 0.0729. The number of anilines is 1. The average Bonchev–Trinajstić information content (AvgIpc) is 3.32. The van der Waals surface area contributed by atoms with Gasteiger partial charge < -0.3 is 9.80 Å². The number of likely N-dealkylation sites (tertiary alicyclic amines) is 1. The lowest BCUT2D eigenvalue weighted by Gasteiger charge is -2.26. The molecule has 0 saturated carbocycles. The molecule has 1 amide bonds. The van der Waals surface area contributed by atoms with Crippen molar-refractivity contribution in [3.8, 4) is 0 Å². The Morgan fingerprint density at radius 1 is 1.07 bits per heavy atom. The number of benzene rings is 1. The Morgan fingerprint density at radius 2 is 1.78 bits per heavy atom. The van der Waals surface area contributed by atoms with Crippen LogP contribution >= 0.6 is 11.6 Å². The molecule has 1 aromatic carbocycles. The van der Waals surface area contributed by atoms with Crippen LogP contribution in [-0.2, 0) is 0 Å². The molecule has 6 heteroatoms. The zero-order valence-corrected chi connectivity index (χ0v) is 16.7. The van der Waals surface area contributed by atoms with Gasteiger partial charge in [0, 0.05) is 19.6 Å². The van der Waals surface area contributed by atoms with E-state index in [1.807, 2.05) is 4.90 Å². The van der Waals surface area contributed by atoms with Gasteiger partial charge in [0.2, 0.25) is 5.95 Å². The summed E-state index contributed by atoms with van der Waals surface area (Å²) in [5.74, 6) is 0.520. The maximum Gasteiger partial charge on any atom is 0.274 e. The first-order chi connectivity index (χ1) is 13.0. The summed E-state index contributed by atoms with van der Waals surface area (Å²) in [7, 11) is 0. The molecule has 2 saturated heterocycles. The first-order valence-electron chi connectivity index (χ1n) is 9.69. The van der Waals surface area contributed by atoms with Gasteiger partial charge in [0.05, 0.1) is 17.3 Å². The van der Waals surface area contributed by atoms with Crippen molar-refractivity contribution < 1.29 is 4.79 Å². The standard InChI is InChI=1S/C21H25ClN4O/c1-14-10-15(2)12-16(11-14)18-6-5-9-26(18)20(27)19-17(22)13-23-21(24-19)25-7-3-4-8-25/h10-13,18H,3-9H2,1-2H3. The van der Waals surface area contributed by atoms with E-state index in [4.69, 9.17) is 11.6 Å². The Bertz CT molecular complexity index is 843. The minimum atomic E-state index is -0.0930. The summed E-state index contributed by atoms with van der Waals surface area (Å²) < 4.78 is 0. The SMILES string of the molecule is Cc1cc(C)cc(C2CCCN2C(=O)c2nc(N3CCCC3)ncc2Cl)c1. The highest BCUT2D eigenvalue weighted by Crippen LogP contribution is 2.35. The minimum Gasteiger partial charge on any atom is -0.341 e. The third-order valence-electron chi connectivity index (χ3n) is 5.47. The molecule has 0 bridgehead atoms. The molecule has 2 aromatic rings. The smallest absolute Gasteiger partial charge is 0.274 e. The fourth-order valence-electron chi connectivity index (χ4n) is 4.27. The average molecular weight is 385 g/mol. The summed E-state index contributed by atoms with van der Waals surface area (Å²) in [5, 5.41) is 0.328. The number of hydrogen-bond donors (Lipinski definition) is 0. The molecule has 4 rings (SSSR count). The molecule has 142 valence electrons. The number of amides is 1. The van der Waals surface area contributed by atoms with E-state index in [0.29, 0.717) is 16.7 Å². The molecule has 1 unspecified atom stereocenters. The van der Waals surface area contributed by atoms with E-state index in [9.17, 15) is 4.79 Å². The Kier molecular flexibility index (Phi) is 5.04. The van der Waals surface area contributed by atoms with Gasteiger partial charge in [-0.25, -0.2) is 9.97 Å². The van der Waals surface area contributed by atoms with E-state index < -0.39 is 0 Å². The minimum absolute atomic E-state index is 0.0809. The van der Waals surface area contributed by atoms with Gasteiger partial charge in [-0.05, 0) is 45.1 Å². The van der Waals surface area contributed by atoms with Crippen molar-refractivity contribution >= 4 is 23.5 Å². The van der Waals surface area contributed by atoms with Gasteiger partial charge in [0.15, 0.2) is 5.69 Å². The largest absolute Gasteiger partial charge is 0.341 e. The number of aromatic nitrogens is 2. The molecule has 2 aliphatic heterocycles. The summed E-state index contributed by atoms with van der Waals surface area (Å²) in [6.45, 7) is 6.80. The van der Waals surface area contributed by atoms with Gasteiger partial charge in [0.1, 0.15) is 0 Å². The molecule has 0 aliphatic carbocycles. The zero-order chi connectivity index (χ0) is 19.0. The van der Waals surface area contributed by atoms with Crippen LogP contribution in [-0.4, -0.2) is 40.4 Å². The van der Waals surface area contributed by atoms with Gasteiger partial charge in [-0.3, -0.25) is 4.79 Å². The van der Waals surface area contributed by atoms with Crippen LogP contribution in [0.25, 0.3) is 0 Å². The predicted octanol–water partition coefficient (Wildman–Crippen LogP) is 4.32. The third kappa shape index (κ3) is 3.65. The number of carbonyl (C=O) groups is 1. The van der Waals surface area contributed by atoms with Crippen LogP contribution in [0.2, 0.25) is 5.02 Å². The molecule has 1 aromatic heterocycles. The number of carbonyl (C=O) groups excluding carboxylic acids is 1. The first-order valence-corrected chi connectivity index (χ1v) is 10.1. The van der Waals surface area contributed by atoms with Crippen LogP contribution in [0.15, 0.2) is 24.4 Å². The Morgan fingerprint density at radius 3 is 2.48 bits per heavy atom. The maximum absolute atomic E-state index is 13.3. The van der Waals surface area contributed by atoms with Crippen LogP contribution < -0.4 is 4.90 Å². The van der Waals surface area contributed by atoms with Crippen molar-refractivity contribution in [1.29, 1.82) is 0 Å². The second-order valence-electron chi connectivity index (χ2n) is 7.64. The van der Waals surface area contributed by atoms with Gasteiger partial charge >= 0.3 is 0 Å². The van der Waals surface area contributed by atoms with Gasteiger partial charge in [-0.2, -0.15) is 0 Å². The molecule has 0 radical (unpaired) electrons. The van der Waals surface area contributed by atoms with E-state index in [2.05, 4.69) is 46.9 Å². The molecule has 3 heterocycles. The fourth-order valence-corrected chi connectivity index (χ4v) is 4.44. The first kappa shape index (κ1) is 18.2. The molecule has 2 aliphatic rings. The van der Waals surface area contributed by atoms with Gasteiger partial charge in [-0.1, -0.05) is 40.9 Å². The Labute approximate surface area is 165 Å². The van der Waals surface area contributed by atoms with Crippen molar-refractivity contribution in [3.05, 3.63) is 51.8 Å². The van der Waals surface area contributed by atoms with Crippen molar-refractivity contribution in [2.75, 3.05) is 24.5 Å². The van der Waals surface area contributed by atoms with Crippen LogP contribution in [0.5, 0.6) is 0 Å². The number of rotatable bonds is 3. The summed E-state index contributed by atoms with van der Waals surface area (Å²) in [6.07, 6.45) is 5.80.